The molecule has 0 saturated carbocycles. The van der Waals surface area contributed by atoms with Crippen LogP contribution in [-0.4, -0.2) is 37.3 Å². The van der Waals surface area contributed by atoms with Gasteiger partial charge in [-0.1, -0.05) is 0 Å². The van der Waals surface area contributed by atoms with Crippen molar-refractivity contribution in [1.29, 1.82) is 0 Å². The highest BCUT2D eigenvalue weighted by molar-refractivity contribution is 5.12. The lowest BCUT2D eigenvalue weighted by Crippen LogP contribution is -2.36. The van der Waals surface area contributed by atoms with E-state index in [-0.39, 0.29) is 24.5 Å². The number of fused-ring (bicyclic) bond motifs is 4. The van der Waals surface area contributed by atoms with Crippen molar-refractivity contribution in [2.45, 2.75) is 30.6 Å². The fourth-order valence-electron chi connectivity index (χ4n) is 1.73. The summed E-state index contributed by atoms with van der Waals surface area (Å²) in [5.41, 5.74) is 0. The maximum Gasteiger partial charge on any atom is 0.175 e. The normalized spacial score (nSPS) is 63.9. The molecule has 0 aliphatic carbocycles. The highest BCUT2D eigenvalue weighted by Crippen LogP contribution is 2.37. The molecule has 0 spiro atoms. The number of rotatable bonds is 0. The first-order valence-corrected chi connectivity index (χ1v) is 3.53. The maximum absolute atomic E-state index is 13.0. The third kappa shape index (κ3) is 0.504. The molecule has 3 fully saturated rings. The Bertz CT molecular complexity index is 175. The molecule has 0 unspecified atom stereocenters. The van der Waals surface area contributed by atoms with Crippen LogP contribution in [0, 0.1) is 0 Å². The first-order valence-electron chi connectivity index (χ1n) is 3.53. The predicted molar refractivity (Wildman–Crippen MR) is 30.2 cm³/mol. The van der Waals surface area contributed by atoms with Gasteiger partial charge in [0.1, 0.15) is 12.3 Å². The molecule has 3 rings (SSSR count). The molecule has 0 aromatic carbocycles. The minimum Gasteiger partial charge on any atom is -0.348 e. The van der Waals surface area contributed by atoms with Crippen LogP contribution in [-0.2, 0) is 9.47 Å². The summed E-state index contributed by atoms with van der Waals surface area (Å²) in [5.74, 6) is 0. The molecule has 0 aromatic rings. The average Bonchev–Trinajstić information content (AvgIpc) is 2.61. The molecule has 5 atom stereocenters. The maximum atomic E-state index is 13.0. The summed E-state index contributed by atoms with van der Waals surface area (Å²) < 4.78 is 23.4. The topological polar surface area (TPSA) is 40.4 Å². The summed E-state index contributed by atoms with van der Waals surface area (Å²) in [4.78, 5) is 0. The molecule has 4 heteroatoms. The van der Waals surface area contributed by atoms with Crippen molar-refractivity contribution in [2.24, 2.45) is 0 Å². The predicted octanol–water partition coefficient (Wildman–Crippen LogP) is -0.580. The van der Waals surface area contributed by atoms with Gasteiger partial charge in [0.25, 0.3) is 0 Å². The number of alkyl halides is 1. The van der Waals surface area contributed by atoms with Crippen molar-refractivity contribution < 1.29 is 13.9 Å². The summed E-state index contributed by atoms with van der Waals surface area (Å²) in [6.45, 7) is 0.431. The van der Waals surface area contributed by atoms with Gasteiger partial charge in [0.05, 0.1) is 18.7 Å². The van der Waals surface area contributed by atoms with Crippen molar-refractivity contribution in [3.8, 4) is 0 Å². The van der Waals surface area contributed by atoms with Crippen LogP contribution in [0.15, 0.2) is 0 Å². The zero-order valence-electron chi connectivity index (χ0n) is 5.29. The van der Waals surface area contributed by atoms with Crippen LogP contribution in [0.25, 0.3) is 0 Å². The van der Waals surface area contributed by atoms with Crippen LogP contribution < -0.4 is 5.32 Å². The lowest BCUT2D eigenvalue weighted by atomic mass is 10.1. The SMILES string of the molecule is F[C@H]1[C@@H]2N[C@@H]2[C@@H]2OC[C@H]1O2. The van der Waals surface area contributed by atoms with E-state index < -0.39 is 6.17 Å². The second-order valence-electron chi connectivity index (χ2n) is 3.04. The monoisotopic (exact) mass is 145 g/mol. The van der Waals surface area contributed by atoms with Gasteiger partial charge in [0.15, 0.2) is 6.29 Å². The molecule has 3 heterocycles. The minimum absolute atomic E-state index is 0.0197. The van der Waals surface area contributed by atoms with Gasteiger partial charge < -0.3 is 14.8 Å². The highest BCUT2D eigenvalue weighted by Gasteiger charge is 2.59. The van der Waals surface area contributed by atoms with E-state index in [2.05, 4.69) is 5.32 Å². The molecule has 0 radical (unpaired) electrons. The van der Waals surface area contributed by atoms with E-state index >= 15 is 0 Å². The molecule has 1 N–H and O–H groups in total. The van der Waals surface area contributed by atoms with Crippen molar-refractivity contribution in [3.05, 3.63) is 0 Å². The minimum atomic E-state index is -0.858. The Morgan fingerprint density at radius 2 is 2.30 bits per heavy atom. The lowest BCUT2D eigenvalue weighted by Gasteiger charge is -2.18. The Morgan fingerprint density at radius 3 is 3.20 bits per heavy atom. The molecule has 0 aromatic heterocycles. The first kappa shape index (κ1) is 5.46. The van der Waals surface area contributed by atoms with Crippen LogP contribution in [0.2, 0.25) is 0 Å². The standard InChI is InChI=1S/C6H8FNO2/c7-3-2-1-9-6(10-2)5-4(3)8-5/h2-6,8H,1H2/t2-,3-,4+,5+,6-/m1/s1. The van der Waals surface area contributed by atoms with Gasteiger partial charge in [-0.2, -0.15) is 0 Å². The van der Waals surface area contributed by atoms with E-state index in [1.165, 1.54) is 0 Å². The van der Waals surface area contributed by atoms with Gasteiger partial charge in [-0.05, 0) is 0 Å². The largest absolute Gasteiger partial charge is 0.348 e. The van der Waals surface area contributed by atoms with Gasteiger partial charge in [-0.3, -0.25) is 0 Å². The van der Waals surface area contributed by atoms with Crippen molar-refractivity contribution in [3.63, 3.8) is 0 Å². The molecule has 3 saturated heterocycles. The van der Waals surface area contributed by atoms with E-state index in [0.29, 0.717) is 6.61 Å². The zero-order valence-corrected chi connectivity index (χ0v) is 5.29. The average molecular weight is 145 g/mol. The smallest absolute Gasteiger partial charge is 0.175 e. The van der Waals surface area contributed by atoms with E-state index in [1.807, 2.05) is 0 Å². The van der Waals surface area contributed by atoms with Crippen molar-refractivity contribution >= 4 is 0 Å². The number of halogens is 1. The highest BCUT2D eigenvalue weighted by atomic mass is 19.1. The van der Waals surface area contributed by atoms with E-state index in [1.54, 1.807) is 0 Å². The van der Waals surface area contributed by atoms with Gasteiger partial charge in [-0.15, -0.1) is 0 Å². The summed E-state index contributed by atoms with van der Waals surface area (Å²) in [5, 5.41) is 2.99. The second-order valence-corrected chi connectivity index (χ2v) is 3.04. The van der Waals surface area contributed by atoms with E-state index in [0.717, 1.165) is 0 Å². The fourth-order valence-corrected chi connectivity index (χ4v) is 1.73. The number of nitrogens with one attached hydrogen (secondary N) is 1. The molecular weight excluding hydrogens is 137 g/mol. The molecular formula is C6H8FNO2. The number of hydrogen-bond acceptors (Lipinski definition) is 3. The Morgan fingerprint density at radius 1 is 1.40 bits per heavy atom. The van der Waals surface area contributed by atoms with Gasteiger partial charge >= 0.3 is 0 Å². The third-order valence-electron chi connectivity index (χ3n) is 2.39. The van der Waals surface area contributed by atoms with Crippen LogP contribution in [0.3, 0.4) is 0 Å². The molecule has 10 heavy (non-hydrogen) atoms. The Balaban J connectivity index is 1.91. The first-order chi connectivity index (χ1) is 4.86. The van der Waals surface area contributed by atoms with Crippen LogP contribution >= 0.6 is 0 Å². The quantitative estimate of drug-likeness (QED) is 0.463. The van der Waals surface area contributed by atoms with Crippen LogP contribution in [0.4, 0.5) is 4.39 Å². The molecule has 0 amide bonds. The van der Waals surface area contributed by atoms with E-state index in [4.69, 9.17) is 9.47 Å². The van der Waals surface area contributed by atoms with Crippen LogP contribution in [0.5, 0.6) is 0 Å². The molecule has 3 nitrogen and oxygen atoms in total. The molecule has 3 aliphatic heterocycles. The van der Waals surface area contributed by atoms with Gasteiger partial charge in [-0.25, -0.2) is 4.39 Å². The third-order valence-corrected chi connectivity index (χ3v) is 2.39. The van der Waals surface area contributed by atoms with Gasteiger partial charge in [0, 0.05) is 0 Å². The molecule has 2 bridgehead atoms. The Labute approximate surface area is 57.5 Å². The van der Waals surface area contributed by atoms with Gasteiger partial charge in [0.2, 0.25) is 0 Å². The summed E-state index contributed by atoms with van der Waals surface area (Å²) >= 11 is 0. The molecule has 56 valence electrons. The summed E-state index contributed by atoms with van der Waals surface area (Å²) in [7, 11) is 0. The Hall–Kier alpha value is -0.190. The van der Waals surface area contributed by atoms with Crippen LogP contribution in [0.1, 0.15) is 0 Å². The lowest BCUT2D eigenvalue weighted by molar-refractivity contribution is -0.0873. The molecule has 3 aliphatic rings. The second kappa shape index (κ2) is 1.52. The summed E-state index contributed by atoms with van der Waals surface area (Å²) in [6.07, 6.45) is -1.33. The Kier molecular flexibility index (Phi) is 0.829. The van der Waals surface area contributed by atoms with Crippen molar-refractivity contribution in [1.82, 2.24) is 5.32 Å². The summed E-state index contributed by atoms with van der Waals surface area (Å²) in [6, 6.07) is 0.153. The number of ether oxygens (including phenoxy) is 2. The zero-order chi connectivity index (χ0) is 6.72. The number of hydrogen-bond donors (Lipinski definition) is 1. The van der Waals surface area contributed by atoms with Crippen molar-refractivity contribution in [2.75, 3.05) is 6.61 Å². The fraction of sp³-hybridized carbons (Fsp3) is 1.00. The van der Waals surface area contributed by atoms with E-state index in [9.17, 15) is 4.39 Å².